The van der Waals surface area contributed by atoms with Gasteiger partial charge in [-0.05, 0) is 37.5 Å². The van der Waals surface area contributed by atoms with Crippen LogP contribution in [0.25, 0.3) is 0 Å². The summed E-state index contributed by atoms with van der Waals surface area (Å²) in [6.45, 7) is 0. The van der Waals surface area contributed by atoms with Crippen LogP contribution in [0.5, 0.6) is 5.75 Å². The molecule has 15 heavy (non-hydrogen) atoms. The van der Waals surface area contributed by atoms with Crippen molar-refractivity contribution in [1.29, 1.82) is 0 Å². The molecule has 0 heterocycles. The van der Waals surface area contributed by atoms with Gasteiger partial charge in [0.25, 0.3) is 0 Å². The van der Waals surface area contributed by atoms with E-state index in [0.717, 1.165) is 23.7 Å². The van der Waals surface area contributed by atoms with E-state index in [1.165, 1.54) is 0 Å². The van der Waals surface area contributed by atoms with Crippen LogP contribution in [0, 0.1) is 0 Å². The Kier molecular flexibility index (Phi) is 3.54. The van der Waals surface area contributed by atoms with Gasteiger partial charge >= 0.3 is 0 Å². The molecule has 2 nitrogen and oxygen atoms in total. The maximum Gasteiger partial charge on any atom is 0.138 e. The van der Waals surface area contributed by atoms with Crippen LogP contribution in [0.4, 0.5) is 0 Å². The largest absolute Gasteiger partial charge is 0.486 e. The van der Waals surface area contributed by atoms with Gasteiger partial charge in [-0.15, -0.1) is 0 Å². The molecule has 1 saturated carbocycles. The average Bonchev–Trinajstić information content (AvgIpc) is 2.57. The molecule has 0 amide bonds. The summed E-state index contributed by atoms with van der Waals surface area (Å²) in [6.07, 6.45) is 2.26. The zero-order valence-electron chi connectivity index (χ0n) is 8.12. The van der Waals surface area contributed by atoms with Gasteiger partial charge in [-0.2, -0.15) is 0 Å². The lowest BCUT2D eigenvalue weighted by molar-refractivity contribution is 0.0604. The predicted octanol–water partition coefficient (Wildman–Crippen LogP) is 3.39. The SMILES string of the molecule is OC1CCCC1Oc1ccc(Br)cc1Cl. The Morgan fingerprint density at radius 1 is 1.40 bits per heavy atom. The van der Waals surface area contributed by atoms with E-state index in [4.69, 9.17) is 16.3 Å². The minimum absolute atomic E-state index is 0.108. The molecule has 2 unspecified atom stereocenters. The maximum absolute atomic E-state index is 9.62. The van der Waals surface area contributed by atoms with Crippen LogP contribution in [-0.4, -0.2) is 17.3 Å². The molecule has 2 atom stereocenters. The van der Waals surface area contributed by atoms with Gasteiger partial charge in [0.1, 0.15) is 11.9 Å². The molecule has 0 aliphatic heterocycles. The van der Waals surface area contributed by atoms with Gasteiger partial charge in [0.2, 0.25) is 0 Å². The highest BCUT2D eigenvalue weighted by molar-refractivity contribution is 9.10. The number of benzene rings is 1. The van der Waals surface area contributed by atoms with Crippen LogP contribution < -0.4 is 4.74 Å². The lowest BCUT2D eigenvalue weighted by Crippen LogP contribution is -2.25. The second-order valence-electron chi connectivity index (χ2n) is 3.73. The molecular weight excluding hydrogens is 279 g/mol. The van der Waals surface area contributed by atoms with E-state index in [1.54, 1.807) is 6.07 Å². The van der Waals surface area contributed by atoms with E-state index >= 15 is 0 Å². The standard InChI is InChI=1S/C11H12BrClO2/c12-7-4-5-10(8(13)6-7)15-11-3-1-2-9(11)14/h4-6,9,11,14H,1-3H2. The lowest BCUT2D eigenvalue weighted by atomic mass is 10.2. The Morgan fingerprint density at radius 3 is 2.80 bits per heavy atom. The summed E-state index contributed by atoms with van der Waals surface area (Å²) in [7, 11) is 0. The van der Waals surface area contributed by atoms with E-state index in [9.17, 15) is 5.11 Å². The van der Waals surface area contributed by atoms with Gasteiger partial charge in [0.05, 0.1) is 11.1 Å². The van der Waals surface area contributed by atoms with Crippen LogP contribution in [0.2, 0.25) is 5.02 Å². The molecular formula is C11H12BrClO2. The number of hydrogen-bond donors (Lipinski definition) is 1. The molecule has 4 heteroatoms. The second-order valence-corrected chi connectivity index (χ2v) is 5.05. The zero-order chi connectivity index (χ0) is 10.8. The molecule has 1 aromatic carbocycles. The van der Waals surface area contributed by atoms with Crippen molar-refractivity contribution in [2.45, 2.75) is 31.5 Å². The number of hydrogen-bond acceptors (Lipinski definition) is 2. The van der Waals surface area contributed by atoms with E-state index in [1.807, 2.05) is 12.1 Å². The molecule has 1 aromatic rings. The molecule has 0 spiro atoms. The summed E-state index contributed by atoms with van der Waals surface area (Å²) >= 11 is 9.35. The monoisotopic (exact) mass is 290 g/mol. The van der Waals surface area contributed by atoms with Gasteiger partial charge < -0.3 is 9.84 Å². The van der Waals surface area contributed by atoms with Crippen molar-refractivity contribution < 1.29 is 9.84 Å². The Labute approximate surface area is 102 Å². The highest BCUT2D eigenvalue weighted by Gasteiger charge is 2.27. The Bertz CT molecular complexity index is 356. The first-order chi connectivity index (χ1) is 7.16. The number of aliphatic hydroxyl groups is 1. The lowest BCUT2D eigenvalue weighted by Gasteiger charge is -2.17. The quantitative estimate of drug-likeness (QED) is 0.905. The molecule has 1 aliphatic rings. The summed E-state index contributed by atoms with van der Waals surface area (Å²) in [4.78, 5) is 0. The van der Waals surface area contributed by atoms with E-state index in [2.05, 4.69) is 15.9 Å². The molecule has 82 valence electrons. The van der Waals surface area contributed by atoms with E-state index in [0.29, 0.717) is 10.8 Å². The summed E-state index contributed by atoms with van der Waals surface area (Å²) in [6, 6.07) is 5.48. The number of halogens is 2. The Balaban J connectivity index is 2.10. The fourth-order valence-corrected chi connectivity index (χ4v) is 2.50. The summed E-state index contributed by atoms with van der Waals surface area (Å²) in [5.41, 5.74) is 0. The number of rotatable bonds is 2. The minimum atomic E-state index is -0.357. The third-order valence-corrected chi connectivity index (χ3v) is 3.38. The van der Waals surface area contributed by atoms with Crippen molar-refractivity contribution in [1.82, 2.24) is 0 Å². The van der Waals surface area contributed by atoms with Crippen LogP contribution in [0.15, 0.2) is 22.7 Å². The molecule has 0 saturated heterocycles. The number of ether oxygens (including phenoxy) is 1. The summed E-state index contributed by atoms with van der Waals surface area (Å²) in [5, 5.41) is 10.2. The predicted molar refractivity (Wildman–Crippen MR) is 63.4 cm³/mol. The summed E-state index contributed by atoms with van der Waals surface area (Å²) in [5.74, 6) is 0.644. The third kappa shape index (κ3) is 2.65. The first kappa shape index (κ1) is 11.2. The molecule has 1 fully saturated rings. The smallest absolute Gasteiger partial charge is 0.138 e. The van der Waals surface area contributed by atoms with Crippen LogP contribution in [0.1, 0.15) is 19.3 Å². The molecule has 1 N–H and O–H groups in total. The highest BCUT2D eigenvalue weighted by atomic mass is 79.9. The topological polar surface area (TPSA) is 29.5 Å². The number of aliphatic hydroxyl groups excluding tert-OH is 1. The van der Waals surface area contributed by atoms with Crippen LogP contribution in [-0.2, 0) is 0 Å². The molecule has 0 aromatic heterocycles. The van der Waals surface area contributed by atoms with Gasteiger partial charge in [0, 0.05) is 4.47 Å². The van der Waals surface area contributed by atoms with Crippen molar-refractivity contribution in [3.63, 3.8) is 0 Å². The Hall–Kier alpha value is -0.250. The normalized spacial score (nSPS) is 25.5. The molecule has 2 rings (SSSR count). The van der Waals surface area contributed by atoms with Crippen molar-refractivity contribution in [2.24, 2.45) is 0 Å². The average molecular weight is 292 g/mol. The van der Waals surface area contributed by atoms with Crippen molar-refractivity contribution in [3.05, 3.63) is 27.7 Å². The van der Waals surface area contributed by atoms with Crippen molar-refractivity contribution in [3.8, 4) is 5.75 Å². The highest BCUT2D eigenvalue weighted by Crippen LogP contribution is 2.31. The van der Waals surface area contributed by atoms with Gasteiger partial charge in [-0.3, -0.25) is 0 Å². The zero-order valence-corrected chi connectivity index (χ0v) is 10.5. The van der Waals surface area contributed by atoms with Crippen LogP contribution in [0.3, 0.4) is 0 Å². The third-order valence-electron chi connectivity index (χ3n) is 2.59. The van der Waals surface area contributed by atoms with Gasteiger partial charge in [-0.1, -0.05) is 27.5 Å². The van der Waals surface area contributed by atoms with Gasteiger partial charge in [-0.25, -0.2) is 0 Å². The Morgan fingerprint density at radius 2 is 2.20 bits per heavy atom. The van der Waals surface area contributed by atoms with Crippen LogP contribution >= 0.6 is 27.5 Å². The van der Waals surface area contributed by atoms with E-state index in [-0.39, 0.29) is 12.2 Å². The second kappa shape index (κ2) is 4.73. The van der Waals surface area contributed by atoms with E-state index < -0.39 is 0 Å². The molecule has 1 aliphatic carbocycles. The van der Waals surface area contributed by atoms with Crippen molar-refractivity contribution in [2.75, 3.05) is 0 Å². The minimum Gasteiger partial charge on any atom is -0.486 e. The molecule has 0 radical (unpaired) electrons. The van der Waals surface area contributed by atoms with Crippen molar-refractivity contribution >= 4 is 27.5 Å². The fourth-order valence-electron chi connectivity index (χ4n) is 1.78. The first-order valence-corrected chi connectivity index (χ1v) is 6.13. The first-order valence-electron chi connectivity index (χ1n) is 4.96. The van der Waals surface area contributed by atoms with Gasteiger partial charge in [0.15, 0.2) is 0 Å². The fraction of sp³-hybridized carbons (Fsp3) is 0.455. The molecule has 0 bridgehead atoms. The summed E-state index contributed by atoms with van der Waals surface area (Å²) < 4.78 is 6.59. The maximum atomic E-state index is 9.62.